The average molecular weight is 272 g/mol. The molecule has 1 atom stereocenters. The van der Waals surface area contributed by atoms with Crippen molar-refractivity contribution in [3.8, 4) is 0 Å². The highest BCUT2D eigenvalue weighted by Gasteiger charge is 2.21. The molecule has 0 bridgehead atoms. The van der Waals surface area contributed by atoms with Crippen LogP contribution >= 0.6 is 0 Å². The minimum absolute atomic E-state index is 0.0992. The van der Waals surface area contributed by atoms with Gasteiger partial charge in [-0.2, -0.15) is 0 Å². The molecule has 104 valence electrons. The smallest absolute Gasteiger partial charge is 0.278 e. The number of rotatable bonds is 3. The third-order valence-corrected chi connectivity index (χ3v) is 3.69. The van der Waals surface area contributed by atoms with Crippen molar-refractivity contribution in [3.05, 3.63) is 40.6 Å². The molecule has 0 saturated carbocycles. The van der Waals surface area contributed by atoms with Gasteiger partial charge >= 0.3 is 0 Å². The van der Waals surface area contributed by atoms with Crippen LogP contribution in [0.5, 0.6) is 0 Å². The third-order valence-electron chi connectivity index (χ3n) is 3.69. The summed E-state index contributed by atoms with van der Waals surface area (Å²) in [6.45, 7) is 2.04. The van der Waals surface area contributed by atoms with Crippen LogP contribution in [0.15, 0.2) is 30.5 Å². The van der Waals surface area contributed by atoms with E-state index < -0.39 is 0 Å². The number of hydrogen-bond donors (Lipinski definition) is 1. The Morgan fingerprint density at radius 1 is 1.45 bits per heavy atom. The lowest BCUT2D eigenvalue weighted by molar-refractivity contribution is -0.383. The van der Waals surface area contributed by atoms with Crippen molar-refractivity contribution in [2.45, 2.75) is 12.5 Å². The summed E-state index contributed by atoms with van der Waals surface area (Å²) in [5.41, 5.74) is 1.63. The molecule has 6 nitrogen and oxygen atoms in total. The Balaban J connectivity index is 2.00. The second-order valence-electron chi connectivity index (χ2n) is 5.18. The van der Waals surface area contributed by atoms with Gasteiger partial charge in [-0.05, 0) is 38.2 Å². The van der Waals surface area contributed by atoms with Gasteiger partial charge in [0.1, 0.15) is 5.52 Å². The van der Waals surface area contributed by atoms with E-state index in [1.54, 1.807) is 30.5 Å². The van der Waals surface area contributed by atoms with Gasteiger partial charge < -0.3 is 10.2 Å². The number of nitro groups is 1. The zero-order valence-electron chi connectivity index (χ0n) is 11.2. The number of aromatic nitrogens is 1. The molecule has 1 aromatic carbocycles. The first kappa shape index (κ1) is 12.8. The van der Waals surface area contributed by atoms with Crippen LogP contribution < -0.4 is 5.32 Å². The summed E-state index contributed by atoms with van der Waals surface area (Å²) in [5, 5.41) is 15.1. The average Bonchev–Trinajstić information content (AvgIpc) is 2.84. The molecule has 1 saturated heterocycles. The predicted octanol–water partition coefficient (Wildman–Crippen LogP) is 2.26. The number of non-ortho nitro benzene ring substituents is 1. The number of fused-ring (bicyclic) bond motifs is 1. The number of likely N-dealkylation sites (tertiary alicyclic amines) is 1. The molecule has 6 heteroatoms. The summed E-state index contributed by atoms with van der Waals surface area (Å²) in [7, 11) is 2.09. The van der Waals surface area contributed by atoms with Crippen LogP contribution in [0.2, 0.25) is 0 Å². The van der Waals surface area contributed by atoms with Gasteiger partial charge in [-0.25, -0.2) is 0 Å². The van der Waals surface area contributed by atoms with E-state index in [0.29, 0.717) is 16.9 Å². The van der Waals surface area contributed by atoms with Crippen molar-refractivity contribution in [2.24, 2.45) is 0 Å². The molecular weight excluding hydrogens is 256 g/mol. The van der Waals surface area contributed by atoms with Crippen LogP contribution in [0, 0.1) is 10.1 Å². The van der Waals surface area contributed by atoms with Gasteiger partial charge in [-0.3, -0.25) is 15.1 Å². The molecule has 0 aliphatic carbocycles. The molecule has 1 aliphatic rings. The first-order chi connectivity index (χ1) is 9.65. The molecule has 1 aromatic heterocycles. The summed E-state index contributed by atoms with van der Waals surface area (Å²) in [4.78, 5) is 17.3. The number of nitrogens with zero attached hydrogens (tertiary/aromatic N) is 3. The van der Waals surface area contributed by atoms with E-state index in [2.05, 4.69) is 22.2 Å². The molecule has 3 rings (SSSR count). The Hall–Kier alpha value is -2.21. The normalized spacial score (nSPS) is 19.4. The van der Waals surface area contributed by atoms with Gasteiger partial charge in [0, 0.05) is 24.8 Å². The van der Waals surface area contributed by atoms with E-state index in [1.807, 2.05) is 0 Å². The van der Waals surface area contributed by atoms with Crippen molar-refractivity contribution >= 4 is 22.3 Å². The summed E-state index contributed by atoms with van der Waals surface area (Å²) < 4.78 is 0. The summed E-state index contributed by atoms with van der Waals surface area (Å²) in [6.07, 6.45) is 2.74. The van der Waals surface area contributed by atoms with Gasteiger partial charge in [-0.15, -0.1) is 0 Å². The van der Waals surface area contributed by atoms with Gasteiger partial charge in [-0.1, -0.05) is 0 Å². The van der Waals surface area contributed by atoms with Gasteiger partial charge in [0.05, 0.1) is 16.0 Å². The quantitative estimate of drug-likeness (QED) is 0.685. The Morgan fingerprint density at radius 2 is 2.30 bits per heavy atom. The van der Waals surface area contributed by atoms with Gasteiger partial charge in [0.2, 0.25) is 0 Å². The van der Waals surface area contributed by atoms with E-state index in [-0.39, 0.29) is 10.6 Å². The molecule has 2 aromatic rings. The van der Waals surface area contributed by atoms with E-state index in [9.17, 15) is 10.1 Å². The number of pyridine rings is 1. The highest BCUT2D eigenvalue weighted by atomic mass is 16.6. The Labute approximate surface area is 116 Å². The highest BCUT2D eigenvalue weighted by molar-refractivity contribution is 5.96. The second-order valence-corrected chi connectivity index (χ2v) is 5.18. The zero-order chi connectivity index (χ0) is 14.1. The minimum Gasteiger partial charge on any atom is -0.379 e. The Bertz CT molecular complexity index is 659. The van der Waals surface area contributed by atoms with Crippen molar-refractivity contribution in [1.82, 2.24) is 9.88 Å². The molecule has 1 aliphatic heterocycles. The lowest BCUT2D eigenvalue weighted by Crippen LogP contribution is -2.23. The van der Waals surface area contributed by atoms with Crippen LogP contribution in [-0.4, -0.2) is 41.0 Å². The van der Waals surface area contributed by atoms with E-state index >= 15 is 0 Å². The standard InChI is InChI=1S/C14H16N4O2/c1-17-8-6-10(9-17)16-12-4-5-13(18(19)20)11-3-2-7-15-14(11)12/h2-5,7,10,16H,6,8-9H2,1H3. The van der Waals surface area contributed by atoms with Crippen molar-refractivity contribution in [3.63, 3.8) is 0 Å². The molecule has 1 N–H and O–H groups in total. The first-order valence-corrected chi connectivity index (χ1v) is 6.62. The largest absolute Gasteiger partial charge is 0.379 e. The summed E-state index contributed by atoms with van der Waals surface area (Å²) in [6, 6.07) is 7.14. The first-order valence-electron chi connectivity index (χ1n) is 6.62. The monoisotopic (exact) mass is 272 g/mol. The molecule has 1 unspecified atom stereocenters. The zero-order valence-corrected chi connectivity index (χ0v) is 11.2. The number of hydrogen-bond acceptors (Lipinski definition) is 5. The maximum absolute atomic E-state index is 11.1. The molecule has 20 heavy (non-hydrogen) atoms. The van der Waals surface area contributed by atoms with E-state index in [1.165, 1.54) is 0 Å². The number of nitro benzene ring substituents is 1. The maximum Gasteiger partial charge on any atom is 0.278 e. The predicted molar refractivity (Wildman–Crippen MR) is 77.9 cm³/mol. The molecule has 0 spiro atoms. The Morgan fingerprint density at radius 3 is 3.00 bits per heavy atom. The topological polar surface area (TPSA) is 71.3 Å². The van der Waals surface area contributed by atoms with Crippen LogP contribution in [-0.2, 0) is 0 Å². The highest BCUT2D eigenvalue weighted by Crippen LogP contribution is 2.30. The summed E-state index contributed by atoms with van der Waals surface area (Å²) >= 11 is 0. The van der Waals surface area contributed by atoms with E-state index in [4.69, 9.17) is 0 Å². The number of benzene rings is 1. The van der Waals surface area contributed by atoms with Crippen molar-refractivity contribution < 1.29 is 4.92 Å². The minimum atomic E-state index is -0.364. The SMILES string of the molecule is CN1CCC(Nc2ccc([N+](=O)[O-])c3cccnc23)C1. The fraction of sp³-hybridized carbons (Fsp3) is 0.357. The van der Waals surface area contributed by atoms with Gasteiger partial charge in [0.25, 0.3) is 5.69 Å². The lowest BCUT2D eigenvalue weighted by atomic mass is 10.1. The number of nitrogens with one attached hydrogen (secondary N) is 1. The summed E-state index contributed by atoms with van der Waals surface area (Å²) in [5.74, 6) is 0. The second kappa shape index (κ2) is 5.05. The van der Waals surface area contributed by atoms with Gasteiger partial charge in [0.15, 0.2) is 0 Å². The van der Waals surface area contributed by atoms with Crippen molar-refractivity contribution in [2.75, 3.05) is 25.5 Å². The number of anilines is 1. The fourth-order valence-electron chi connectivity index (χ4n) is 2.71. The van der Waals surface area contributed by atoms with Crippen molar-refractivity contribution in [1.29, 1.82) is 0 Å². The fourth-order valence-corrected chi connectivity index (χ4v) is 2.71. The molecular formula is C14H16N4O2. The number of likely N-dealkylation sites (N-methyl/N-ethyl adjacent to an activating group) is 1. The van der Waals surface area contributed by atoms with Crippen LogP contribution in [0.3, 0.4) is 0 Å². The van der Waals surface area contributed by atoms with Crippen LogP contribution in [0.4, 0.5) is 11.4 Å². The maximum atomic E-state index is 11.1. The Kier molecular flexibility index (Phi) is 3.23. The molecule has 0 amide bonds. The third kappa shape index (κ3) is 2.30. The van der Waals surface area contributed by atoms with Crippen LogP contribution in [0.25, 0.3) is 10.9 Å². The van der Waals surface area contributed by atoms with E-state index in [0.717, 1.165) is 25.2 Å². The lowest BCUT2D eigenvalue weighted by Gasteiger charge is -2.15. The van der Waals surface area contributed by atoms with Crippen LogP contribution in [0.1, 0.15) is 6.42 Å². The molecule has 2 heterocycles. The molecule has 0 radical (unpaired) electrons. The molecule has 1 fully saturated rings.